The summed E-state index contributed by atoms with van der Waals surface area (Å²) >= 11 is 0. The molecular weight excluding hydrogens is 252 g/mol. The van der Waals surface area contributed by atoms with Gasteiger partial charge < -0.3 is 5.32 Å². The Bertz CT molecular complexity index is 542. The summed E-state index contributed by atoms with van der Waals surface area (Å²) in [4.78, 5) is 11.4. The molecule has 0 bridgehead atoms. The molecular formula is C10H11F2NO3S. The number of nitrogens with one attached hydrogen (secondary N) is 1. The summed E-state index contributed by atoms with van der Waals surface area (Å²) in [5.74, 6) is -2.60. The maximum Gasteiger partial charge on any atom is 0.242 e. The number of benzene rings is 1. The molecule has 0 unspecified atom stereocenters. The quantitative estimate of drug-likeness (QED) is 0.895. The molecule has 7 heteroatoms. The van der Waals surface area contributed by atoms with Crippen molar-refractivity contribution in [2.45, 2.75) is 12.2 Å². The lowest BCUT2D eigenvalue weighted by Crippen LogP contribution is -2.32. The molecule has 0 radical (unpaired) electrons. The molecule has 0 aliphatic carbocycles. The molecule has 1 rings (SSSR count). The topological polar surface area (TPSA) is 63.2 Å². The lowest BCUT2D eigenvalue weighted by molar-refractivity contribution is -0.115. The van der Waals surface area contributed by atoms with Gasteiger partial charge in [-0.3, -0.25) is 4.79 Å². The van der Waals surface area contributed by atoms with Crippen molar-refractivity contribution < 1.29 is 22.0 Å². The van der Waals surface area contributed by atoms with Crippen LogP contribution in [-0.4, -0.2) is 25.8 Å². The number of carbonyl (C=O) groups is 1. The highest BCUT2D eigenvalue weighted by atomic mass is 32.2. The van der Waals surface area contributed by atoms with Crippen molar-refractivity contribution in [2.75, 3.05) is 11.6 Å². The molecule has 0 aromatic heterocycles. The highest BCUT2D eigenvalue weighted by Crippen LogP contribution is 2.15. The highest BCUT2D eigenvalue weighted by Gasteiger charge is 2.24. The van der Waals surface area contributed by atoms with E-state index in [2.05, 4.69) is 5.32 Å². The number of rotatable bonds is 3. The molecule has 4 nitrogen and oxygen atoms in total. The number of hydrogen-bond donors (Lipinski definition) is 1. The minimum absolute atomic E-state index is 0.257. The van der Waals surface area contributed by atoms with E-state index >= 15 is 0 Å². The smallest absolute Gasteiger partial charge is 0.242 e. The van der Waals surface area contributed by atoms with Gasteiger partial charge >= 0.3 is 0 Å². The zero-order chi connectivity index (χ0) is 13.2. The van der Waals surface area contributed by atoms with Gasteiger partial charge in [0.1, 0.15) is 16.9 Å². The van der Waals surface area contributed by atoms with Crippen LogP contribution in [0.2, 0.25) is 0 Å². The molecule has 0 saturated carbocycles. The van der Waals surface area contributed by atoms with Crippen LogP contribution in [0.25, 0.3) is 0 Å². The van der Waals surface area contributed by atoms with Crippen molar-refractivity contribution in [3.8, 4) is 0 Å². The van der Waals surface area contributed by atoms with E-state index < -0.39 is 32.6 Å². The second-order valence-electron chi connectivity index (χ2n) is 3.59. The van der Waals surface area contributed by atoms with Gasteiger partial charge in [-0.25, -0.2) is 17.2 Å². The van der Waals surface area contributed by atoms with E-state index in [4.69, 9.17) is 0 Å². The van der Waals surface area contributed by atoms with Crippen molar-refractivity contribution in [1.82, 2.24) is 0 Å². The van der Waals surface area contributed by atoms with E-state index in [-0.39, 0.29) is 5.69 Å². The van der Waals surface area contributed by atoms with Crippen LogP contribution in [0.5, 0.6) is 0 Å². The third-order valence-electron chi connectivity index (χ3n) is 2.20. The summed E-state index contributed by atoms with van der Waals surface area (Å²) in [5.41, 5.74) is -0.257. The van der Waals surface area contributed by atoms with Crippen LogP contribution in [0.3, 0.4) is 0 Å². The molecule has 1 amide bonds. The summed E-state index contributed by atoms with van der Waals surface area (Å²) in [5, 5.41) is 0.785. The summed E-state index contributed by atoms with van der Waals surface area (Å²) < 4.78 is 47.9. The van der Waals surface area contributed by atoms with Crippen LogP contribution in [0.15, 0.2) is 18.2 Å². The van der Waals surface area contributed by atoms with Crippen LogP contribution in [0, 0.1) is 11.6 Å². The van der Waals surface area contributed by atoms with Gasteiger partial charge in [-0.1, -0.05) is 0 Å². The van der Waals surface area contributed by atoms with Crippen LogP contribution >= 0.6 is 0 Å². The van der Waals surface area contributed by atoms with Crippen molar-refractivity contribution in [3.05, 3.63) is 29.8 Å². The molecule has 0 aliphatic heterocycles. The van der Waals surface area contributed by atoms with E-state index in [1.54, 1.807) is 0 Å². The summed E-state index contributed by atoms with van der Waals surface area (Å²) in [6.45, 7) is 1.19. The summed E-state index contributed by atoms with van der Waals surface area (Å²) in [6, 6.07) is 2.59. The molecule has 0 saturated heterocycles. The van der Waals surface area contributed by atoms with Gasteiger partial charge in [0.15, 0.2) is 9.84 Å². The molecule has 0 aliphatic rings. The van der Waals surface area contributed by atoms with E-state index in [1.807, 2.05) is 0 Å². The predicted octanol–water partition coefficient (Wildman–Crippen LogP) is 1.34. The van der Waals surface area contributed by atoms with Gasteiger partial charge in [0, 0.05) is 12.3 Å². The number of halogens is 2. The minimum atomic E-state index is -3.55. The van der Waals surface area contributed by atoms with E-state index in [0.717, 1.165) is 18.4 Å². The third kappa shape index (κ3) is 3.48. The molecule has 1 atom stereocenters. The van der Waals surface area contributed by atoms with Crippen LogP contribution in [0.4, 0.5) is 14.5 Å². The Hall–Kier alpha value is -1.50. The van der Waals surface area contributed by atoms with E-state index in [9.17, 15) is 22.0 Å². The molecule has 0 spiro atoms. The zero-order valence-corrected chi connectivity index (χ0v) is 10.0. The van der Waals surface area contributed by atoms with Crippen molar-refractivity contribution >= 4 is 21.4 Å². The van der Waals surface area contributed by atoms with Crippen LogP contribution in [0.1, 0.15) is 6.92 Å². The third-order valence-corrected chi connectivity index (χ3v) is 3.70. The SMILES string of the molecule is C[C@@H](C(=O)Nc1ccc(F)cc1F)S(C)(=O)=O. The predicted molar refractivity (Wildman–Crippen MR) is 59.3 cm³/mol. The maximum absolute atomic E-state index is 13.2. The first-order valence-corrected chi connectivity index (χ1v) is 6.62. The van der Waals surface area contributed by atoms with Gasteiger partial charge in [-0.2, -0.15) is 0 Å². The van der Waals surface area contributed by atoms with Gasteiger partial charge in [-0.15, -0.1) is 0 Å². The van der Waals surface area contributed by atoms with Crippen molar-refractivity contribution in [2.24, 2.45) is 0 Å². The van der Waals surface area contributed by atoms with Crippen molar-refractivity contribution in [1.29, 1.82) is 0 Å². The zero-order valence-electron chi connectivity index (χ0n) is 9.20. The normalized spacial score (nSPS) is 13.2. The molecule has 17 heavy (non-hydrogen) atoms. The first kappa shape index (κ1) is 13.6. The minimum Gasteiger partial charge on any atom is -0.322 e. The monoisotopic (exact) mass is 263 g/mol. The van der Waals surface area contributed by atoms with Gasteiger partial charge in [-0.05, 0) is 19.1 Å². The van der Waals surface area contributed by atoms with Crippen LogP contribution in [-0.2, 0) is 14.6 Å². The number of amides is 1. The molecule has 1 N–H and O–H groups in total. The first-order valence-electron chi connectivity index (χ1n) is 4.66. The standard InChI is InChI=1S/C10H11F2NO3S/c1-6(17(2,15)16)10(14)13-9-4-3-7(11)5-8(9)12/h3-6H,1-2H3,(H,13,14)/t6-/m0/s1. The summed E-state index contributed by atoms with van der Waals surface area (Å²) in [6.07, 6.45) is 0.901. The Morgan fingerprint density at radius 2 is 1.94 bits per heavy atom. The molecule has 1 aromatic carbocycles. The average Bonchev–Trinajstić information content (AvgIpc) is 2.19. The number of anilines is 1. The lowest BCUT2D eigenvalue weighted by Gasteiger charge is -2.10. The molecule has 94 valence electrons. The van der Waals surface area contributed by atoms with Crippen molar-refractivity contribution in [3.63, 3.8) is 0 Å². The van der Waals surface area contributed by atoms with E-state index in [1.165, 1.54) is 6.92 Å². The Balaban J connectivity index is 2.89. The summed E-state index contributed by atoms with van der Waals surface area (Å²) in [7, 11) is -3.55. The lowest BCUT2D eigenvalue weighted by atomic mass is 10.3. The Labute approximate surface area is 97.6 Å². The number of carbonyl (C=O) groups excluding carboxylic acids is 1. The fourth-order valence-corrected chi connectivity index (χ4v) is 1.47. The molecule has 0 heterocycles. The maximum atomic E-state index is 13.2. The average molecular weight is 263 g/mol. The molecule has 1 aromatic rings. The van der Waals surface area contributed by atoms with Gasteiger partial charge in [0.05, 0.1) is 5.69 Å². The second kappa shape index (κ2) is 4.79. The molecule has 0 fully saturated rings. The van der Waals surface area contributed by atoms with E-state index in [0.29, 0.717) is 6.07 Å². The Morgan fingerprint density at radius 1 is 1.35 bits per heavy atom. The number of hydrogen-bond acceptors (Lipinski definition) is 3. The fourth-order valence-electron chi connectivity index (χ4n) is 1.02. The fraction of sp³-hybridized carbons (Fsp3) is 0.300. The van der Waals surface area contributed by atoms with Crippen LogP contribution < -0.4 is 5.32 Å². The first-order chi connectivity index (χ1) is 7.71. The highest BCUT2D eigenvalue weighted by molar-refractivity contribution is 7.92. The number of sulfone groups is 1. The largest absolute Gasteiger partial charge is 0.322 e. The van der Waals surface area contributed by atoms with Gasteiger partial charge in [0.25, 0.3) is 0 Å². The second-order valence-corrected chi connectivity index (χ2v) is 5.95. The Kier molecular flexibility index (Phi) is 3.82. The Morgan fingerprint density at radius 3 is 2.41 bits per heavy atom. The van der Waals surface area contributed by atoms with Gasteiger partial charge in [0.2, 0.25) is 5.91 Å².